The molecule has 0 saturated carbocycles. The molecule has 2 atom stereocenters. The summed E-state index contributed by atoms with van der Waals surface area (Å²) in [7, 11) is 3.31. The van der Waals surface area contributed by atoms with Crippen molar-refractivity contribution in [3.8, 4) is 11.5 Å². The molecule has 2 aromatic rings. The van der Waals surface area contributed by atoms with Crippen LogP contribution in [0.1, 0.15) is 50.9 Å². The summed E-state index contributed by atoms with van der Waals surface area (Å²) >= 11 is 0. The summed E-state index contributed by atoms with van der Waals surface area (Å²) in [5, 5.41) is 3.30. The molecule has 1 saturated heterocycles. The average Bonchev–Trinajstić information content (AvgIpc) is 2.77. The Bertz CT molecular complexity index is 864. The number of rotatable bonds is 7. The number of aromatic nitrogens is 1. The van der Waals surface area contributed by atoms with Crippen molar-refractivity contribution in [2.75, 3.05) is 27.3 Å². The minimum Gasteiger partial charge on any atom is -0.493 e. The number of hydrogen-bond donors (Lipinski definition) is 1. The van der Waals surface area contributed by atoms with Crippen molar-refractivity contribution in [1.29, 1.82) is 0 Å². The second kappa shape index (κ2) is 10.1. The molecule has 1 fully saturated rings. The number of pyridine rings is 1. The summed E-state index contributed by atoms with van der Waals surface area (Å²) in [6.07, 6.45) is 3.95. The van der Waals surface area contributed by atoms with E-state index in [9.17, 15) is 4.79 Å². The molecule has 0 radical (unpaired) electrons. The molecule has 6 heteroatoms. The molecule has 1 aliphatic rings. The molecule has 168 valence electrons. The van der Waals surface area contributed by atoms with Crippen molar-refractivity contribution in [1.82, 2.24) is 15.2 Å². The van der Waals surface area contributed by atoms with E-state index in [-0.39, 0.29) is 11.9 Å². The molecule has 1 amide bonds. The number of carbonyl (C=O) groups is 1. The van der Waals surface area contributed by atoms with Gasteiger partial charge in [-0.15, -0.1) is 0 Å². The van der Waals surface area contributed by atoms with Gasteiger partial charge in [0.25, 0.3) is 0 Å². The zero-order valence-corrected chi connectivity index (χ0v) is 19.4. The van der Waals surface area contributed by atoms with Gasteiger partial charge >= 0.3 is 0 Å². The predicted octanol–water partition coefficient (Wildman–Crippen LogP) is 4.21. The van der Waals surface area contributed by atoms with Crippen LogP contribution in [0.5, 0.6) is 11.5 Å². The lowest BCUT2D eigenvalue weighted by Crippen LogP contribution is -2.45. The van der Waals surface area contributed by atoms with Crippen molar-refractivity contribution in [2.24, 2.45) is 11.3 Å². The van der Waals surface area contributed by atoms with Crippen molar-refractivity contribution in [3.05, 3.63) is 53.9 Å². The van der Waals surface area contributed by atoms with E-state index in [4.69, 9.17) is 9.47 Å². The smallest absolute Gasteiger partial charge is 0.225 e. The van der Waals surface area contributed by atoms with Crippen LogP contribution < -0.4 is 14.8 Å². The molecule has 0 spiro atoms. The normalized spacial score (nSPS) is 18.3. The highest BCUT2D eigenvalue weighted by Gasteiger charge is 2.33. The van der Waals surface area contributed by atoms with Gasteiger partial charge in [-0.3, -0.25) is 14.7 Å². The van der Waals surface area contributed by atoms with Crippen molar-refractivity contribution < 1.29 is 14.3 Å². The fraction of sp³-hybridized carbons (Fsp3) is 0.520. The van der Waals surface area contributed by atoms with Gasteiger partial charge in [0.15, 0.2) is 11.5 Å². The van der Waals surface area contributed by atoms with Gasteiger partial charge in [-0.25, -0.2) is 0 Å². The third kappa shape index (κ3) is 5.97. The maximum Gasteiger partial charge on any atom is 0.225 e. The Morgan fingerprint density at radius 3 is 2.61 bits per heavy atom. The van der Waals surface area contributed by atoms with Crippen LogP contribution in [0, 0.1) is 11.3 Å². The maximum atomic E-state index is 12.8. The zero-order chi connectivity index (χ0) is 22.4. The third-order valence-corrected chi connectivity index (χ3v) is 5.84. The molecule has 6 nitrogen and oxygen atoms in total. The third-order valence-electron chi connectivity index (χ3n) is 5.84. The van der Waals surface area contributed by atoms with Crippen molar-refractivity contribution in [3.63, 3.8) is 0 Å². The van der Waals surface area contributed by atoms with Gasteiger partial charge in [0, 0.05) is 24.7 Å². The van der Waals surface area contributed by atoms with Gasteiger partial charge < -0.3 is 14.8 Å². The van der Waals surface area contributed by atoms with E-state index in [2.05, 4.69) is 21.3 Å². The van der Waals surface area contributed by atoms with Gasteiger partial charge in [0.2, 0.25) is 5.91 Å². The molecule has 31 heavy (non-hydrogen) atoms. The summed E-state index contributed by atoms with van der Waals surface area (Å²) in [6, 6.07) is 11.9. The quantitative estimate of drug-likeness (QED) is 0.720. The van der Waals surface area contributed by atoms with Crippen LogP contribution in [0.2, 0.25) is 0 Å². The zero-order valence-electron chi connectivity index (χ0n) is 19.4. The Labute approximate surface area is 186 Å². The predicted molar refractivity (Wildman–Crippen MR) is 122 cm³/mol. The number of piperidine rings is 1. The van der Waals surface area contributed by atoms with Crippen LogP contribution in [0.25, 0.3) is 0 Å². The molecule has 3 rings (SSSR count). The fourth-order valence-corrected chi connectivity index (χ4v) is 4.10. The topological polar surface area (TPSA) is 63.7 Å². The standard InChI is InChI=1S/C25H35N3O3/c1-25(2,3)24(29)27-23(20-10-6-7-13-26-20)19-9-8-14-28(17-19)16-18-11-12-21(30-4)22(15-18)31-5/h6-7,10-13,15,19,23H,8-9,14,16-17H2,1-5H3,(H,27,29)/t19-,23+/m1/s1. The molecule has 2 heterocycles. The van der Waals surface area contributed by atoms with E-state index in [0.717, 1.165) is 49.7 Å². The first-order valence-electron chi connectivity index (χ1n) is 11.0. The van der Waals surface area contributed by atoms with E-state index in [1.165, 1.54) is 5.56 Å². The minimum absolute atomic E-state index is 0.0557. The number of benzene rings is 1. The average molecular weight is 426 g/mol. The number of likely N-dealkylation sites (tertiary alicyclic amines) is 1. The SMILES string of the molecule is COc1ccc(CN2CCC[C@@H]([C@H](NC(=O)C(C)(C)C)c3ccccn3)C2)cc1OC. The molecule has 0 aliphatic carbocycles. The van der Waals surface area contributed by atoms with E-state index in [1.807, 2.05) is 51.1 Å². The van der Waals surface area contributed by atoms with Gasteiger partial charge in [0.1, 0.15) is 0 Å². The number of amides is 1. The molecule has 1 aromatic carbocycles. The number of nitrogens with zero attached hydrogens (tertiary/aromatic N) is 2. The summed E-state index contributed by atoms with van der Waals surface area (Å²) in [5.41, 5.74) is 1.67. The van der Waals surface area contributed by atoms with Crippen LogP contribution in [0.15, 0.2) is 42.6 Å². The second-order valence-corrected chi connectivity index (χ2v) is 9.28. The fourth-order valence-electron chi connectivity index (χ4n) is 4.10. The van der Waals surface area contributed by atoms with Crippen LogP contribution in [0.3, 0.4) is 0 Å². The van der Waals surface area contributed by atoms with Crippen LogP contribution in [-0.4, -0.2) is 43.1 Å². The Kier molecular flexibility index (Phi) is 7.55. The number of carbonyl (C=O) groups excluding carboxylic acids is 1. The Balaban J connectivity index is 1.76. The Morgan fingerprint density at radius 2 is 1.97 bits per heavy atom. The monoisotopic (exact) mass is 425 g/mol. The number of ether oxygens (including phenoxy) is 2. The van der Waals surface area contributed by atoms with Crippen molar-refractivity contribution >= 4 is 5.91 Å². The lowest BCUT2D eigenvalue weighted by atomic mass is 9.86. The number of hydrogen-bond acceptors (Lipinski definition) is 5. The van der Waals surface area contributed by atoms with Gasteiger partial charge in [0.05, 0.1) is 26.0 Å². The van der Waals surface area contributed by atoms with Gasteiger partial charge in [-0.2, -0.15) is 0 Å². The Morgan fingerprint density at radius 1 is 1.19 bits per heavy atom. The van der Waals surface area contributed by atoms with Crippen molar-refractivity contribution in [2.45, 2.75) is 46.2 Å². The van der Waals surface area contributed by atoms with Gasteiger partial charge in [-0.1, -0.05) is 32.9 Å². The highest BCUT2D eigenvalue weighted by atomic mass is 16.5. The highest BCUT2D eigenvalue weighted by Crippen LogP contribution is 2.32. The lowest BCUT2D eigenvalue weighted by molar-refractivity contribution is -0.130. The van der Waals surface area contributed by atoms with E-state index >= 15 is 0 Å². The molecular formula is C25H35N3O3. The largest absolute Gasteiger partial charge is 0.493 e. The molecule has 0 unspecified atom stereocenters. The molecule has 1 aliphatic heterocycles. The van der Waals surface area contributed by atoms with Crippen LogP contribution in [-0.2, 0) is 11.3 Å². The summed E-state index contributed by atoms with van der Waals surface area (Å²) < 4.78 is 10.8. The summed E-state index contributed by atoms with van der Waals surface area (Å²) in [5.74, 6) is 1.84. The molecular weight excluding hydrogens is 390 g/mol. The first-order valence-corrected chi connectivity index (χ1v) is 11.0. The molecule has 1 aromatic heterocycles. The Hall–Kier alpha value is -2.60. The van der Waals surface area contributed by atoms with Crippen LogP contribution in [0.4, 0.5) is 0 Å². The van der Waals surface area contributed by atoms with Crippen LogP contribution >= 0.6 is 0 Å². The first kappa shape index (κ1) is 23.1. The summed E-state index contributed by atoms with van der Waals surface area (Å²) in [6.45, 7) is 8.61. The number of methoxy groups -OCH3 is 2. The van der Waals surface area contributed by atoms with E-state index in [0.29, 0.717) is 5.92 Å². The molecule has 0 bridgehead atoms. The van der Waals surface area contributed by atoms with E-state index in [1.54, 1.807) is 20.4 Å². The lowest BCUT2D eigenvalue weighted by Gasteiger charge is -2.38. The van der Waals surface area contributed by atoms with E-state index < -0.39 is 5.41 Å². The van der Waals surface area contributed by atoms with Gasteiger partial charge in [-0.05, 0) is 55.1 Å². The number of nitrogens with one attached hydrogen (secondary N) is 1. The molecule has 1 N–H and O–H groups in total. The summed E-state index contributed by atoms with van der Waals surface area (Å²) in [4.78, 5) is 19.8. The second-order valence-electron chi connectivity index (χ2n) is 9.28. The maximum absolute atomic E-state index is 12.8. The first-order chi connectivity index (χ1) is 14.8. The minimum atomic E-state index is -0.443. The highest BCUT2D eigenvalue weighted by molar-refractivity contribution is 5.81.